The van der Waals surface area contributed by atoms with E-state index in [1.807, 2.05) is 42.5 Å². The minimum atomic E-state index is -0.0749. The minimum absolute atomic E-state index is 0.0749. The van der Waals surface area contributed by atoms with Crippen LogP contribution in [0.3, 0.4) is 0 Å². The van der Waals surface area contributed by atoms with Crippen LogP contribution in [0, 0.1) is 0 Å². The summed E-state index contributed by atoms with van der Waals surface area (Å²) < 4.78 is 6.83. The summed E-state index contributed by atoms with van der Waals surface area (Å²) in [5.41, 5.74) is 2.51. The number of nitrogens with zero attached hydrogens (tertiary/aromatic N) is 2. The van der Waals surface area contributed by atoms with E-state index < -0.39 is 0 Å². The number of amides is 1. The number of aromatic nitrogens is 1. The Morgan fingerprint density at radius 2 is 2.07 bits per heavy atom. The zero-order valence-electron chi connectivity index (χ0n) is 16.8. The maximum atomic E-state index is 13.0. The van der Waals surface area contributed by atoms with Gasteiger partial charge in [0.25, 0.3) is 5.91 Å². The van der Waals surface area contributed by atoms with Gasteiger partial charge in [0, 0.05) is 36.0 Å². The van der Waals surface area contributed by atoms with Crippen LogP contribution in [-0.2, 0) is 4.74 Å². The molecule has 30 heavy (non-hydrogen) atoms. The Balaban J connectivity index is 1.30. The molecule has 0 unspecified atom stereocenters. The Hall–Kier alpha value is -2.09. The number of carbonyl (C=O) groups is 1. The van der Waals surface area contributed by atoms with Gasteiger partial charge < -0.3 is 15.0 Å². The average Bonchev–Trinajstić information content (AvgIpc) is 3.53. The van der Waals surface area contributed by atoms with Gasteiger partial charge in [-0.15, -0.1) is 11.8 Å². The van der Waals surface area contributed by atoms with Crippen molar-refractivity contribution in [3.8, 4) is 0 Å². The molecule has 0 spiro atoms. The number of thiazole rings is 1. The summed E-state index contributed by atoms with van der Waals surface area (Å²) >= 11 is 3.41. The summed E-state index contributed by atoms with van der Waals surface area (Å²) in [4.78, 5) is 21.1. The van der Waals surface area contributed by atoms with Crippen LogP contribution in [0.1, 0.15) is 36.0 Å². The van der Waals surface area contributed by atoms with E-state index >= 15 is 0 Å². The molecule has 1 atom stereocenters. The third-order valence-electron chi connectivity index (χ3n) is 5.59. The first-order valence-electron chi connectivity index (χ1n) is 10.6. The van der Waals surface area contributed by atoms with Crippen molar-refractivity contribution in [1.82, 2.24) is 4.98 Å². The quantitative estimate of drug-likeness (QED) is 0.520. The normalized spacial score (nSPS) is 18.9. The van der Waals surface area contributed by atoms with Crippen LogP contribution >= 0.6 is 23.1 Å². The molecule has 5 nitrogen and oxygen atoms in total. The monoisotopic (exact) mass is 439 g/mol. The molecular weight excluding hydrogens is 414 g/mol. The molecule has 7 heteroatoms. The number of fused-ring (bicyclic) bond motifs is 1. The van der Waals surface area contributed by atoms with Crippen LogP contribution in [0.5, 0.6) is 0 Å². The third kappa shape index (κ3) is 4.33. The van der Waals surface area contributed by atoms with E-state index in [0.717, 1.165) is 64.2 Å². The summed E-state index contributed by atoms with van der Waals surface area (Å²) in [6, 6.07) is 13.8. The number of carbonyl (C=O) groups excluding carboxylic acids is 1. The van der Waals surface area contributed by atoms with Gasteiger partial charge in [-0.1, -0.05) is 23.5 Å². The summed E-state index contributed by atoms with van der Waals surface area (Å²) in [7, 11) is 0. The van der Waals surface area contributed by atoms with Crippen LogP contribution in [0.2, 0.25) is 0 Å². The van der Waals surface area contributed by atoms with Crippen molar-refractivity contribution in [2.45, 2.75) is 36.7 Å². The molecule has 3 aromatic rings. The molecule has 3 heterocycles. The van der Waals surface area contributed by atoms with Gasteiger partial charge >= 0.3 is 0 Å². The number of benzene rings is 2. The minimum Gasteiger partial charge on any atom is -0.377 e. The maximum Gasteiger partial charge on any atom is 0.256 e. The van der Waals surface area contributed by atoms with E-state index in [9.17, 15) is 4.79 Å². The summed E-state index contributed by atoms with van der Waals surface area (Å²) in [6.07, 6.45) is 5.01. The summed E-state index contributed by atoms with van der Waals surface area (Å²) in [6.45, 7) is 3.03. The van der Waals surface area contributed by atoms with Gasteiger partial charge in [-0.25, -0.2) is 4.98 Å². The number of ether oxygens (including phenoxy) is 1. The molecule has 2 saturated heterocycles. The summed E-state index contributed by atoms with van der Waals surface area (Å²) in [5, 5.41) is 4.16. The highest BCUT2D eigenvalue weighted by molar-refractivity contribution is 7.99. The average molecular weight is 440 g/mol. The van der Waals surface area contributed by atoms with Crippen molar-refractivity contribution >= 4 is 50.0 Å². The molecule has 0 bridgehead atoms. The van der Waals surface area contributed by atoms with Gasteiger partial charge in [0.1, 0.15) is 0 Å². The maximum absolute atomic E-state index is 13.0. The van der Waals surface area contributed by atoms with Gasteiger partial charge in [-0.3, -0.25) is 4.79 Å². The molecule has 2 aliphatic rings. The lowest BCUT2D eigenvalue weighted by molar-refractivity contribution is 0.102. The molecule has 2 aliphatic heterocycles. The van der Waals surface area contributed by atoms with Crippen molar-refractivity contribution in [3.05, 3.63) is 48.0 Å². The van der Waals surface area contributed by atoms with E-state index in [1.165, 1.54) is 12.8 Å². The second-order valence-electron chi connectivity index (χ2n) is 7.77. The van der Waals surface area contributed by atoms with E-state index in [2.05, 4.69) is 10.2 Å². The predicted octanol–water partition coefficient (Wildman–Crippen LogP) is 5.42. The lowest BCUT2D eigenvalue weighted by Crippen LogP contribution is -2.16. The van der Waals surface area contributed by atoms with Crippen LogP contribution in [0.25, 0.3) is 10.2 Å². The second kappa shape index (κ2) is 8.96. The fourth-order valence-corrected chi connectivity index (χ4v) is 6.15. The van der Waals surface area contributed by atoms with Crippen molar-refractivity contribution in [2.24, 2.45) is 0 Å². The first kappa shape index (κ1) is 19.8. The first-order chi connectivity index (χ1) is 14.8. The zero-order valence-corrected chi connectivity index (χ0v) is 18.4. The van der Waals surface area contributed by atoms with Gasteiger partial charge in [-0.05, 0) is 56.0 Å². The van der Waals surface area contributed by atoms with E-state index in [1.54, 1.807) is 23.1 Å². The third-order valence-corrected chi connectivity index (χ3v) is 7.88. The van der Waals surface area contributed by atoms with Crippen LogP contribution in [0.15, 0.2) is 47.4 Å². The number of rotatable bonds is 6. The molecule has 0 saturated carbocycles. The van der Waals surface area contributed by atoms with Crippen LogP contribution in [0.4, 0.5) is 10.8 Å². The Morgan fingerprint density at radius 3 is 2.90 bits per heavy atom. The highest BCUT2D eigenvalue weighted by Crippen LogP contribution is 2.33. The fourth-order valence-electron chi connectivity index (χ4n) is 3.97. The molecule has 5 rings (SSSR count). The second-order valence-corrected chi connectivity index (χ2v) is 9.84. The standard InChI is InChI=1S/C23H25N3O2S2/c27-22(18-7-1-2-8-20(18)29-15-17-6-5-13-28-17)24-16-9-10-19-21(14-16)30-23(25-19)26-11-3-4-12-26/h1-2,7-10,14,17H,3-6,11-13,15H2,(H,24,27)/t17-/m0/s1. The van der Waals surface area contributed by atoms with Gasteiger partial charge in [-0.2, -0.15) is 0 Å². The predicted molar refractivity (Wildman–Crippen MR) is 125 cm³/mol. The van der Waals surface area contributed by atoms with Gasteiger partial charge in [0.15, 0.2) is 5.13 Å². The number of thioether (sulfide) groups is 1. The Kier molecular flexibility index (Phi) is 5.93. The SMILES string of the molecule is O=C(Nc1ccc2nc(N3CCCC3)sc2c1)c1ccccc1SC[C@@H]1CCCO1. The lowest BCUT2D eigenvalue weighted by Gasteiger charge is -2.12. The van der Waals surface area contributed by atoms with Gasteiger partial charge in [0.05, 0.1) is 21.9 Å². The number of hydrogen-bond acceptors (Lipinski definition) is 6. The Bertz CT molecular complexity index is 1040. The van der Waals surface area contributed by atoms with Gasteiger partial charge in [0.2, 0.25) is 0 Å². The van der Waals surface area contributed by atoms with Crippen molar-refractivity contribution < 1.29 is 9.53 Å². The van der Waals surface area contributed by atoms with Crippen molar-refractivity contribution in [3.63, 3.8) is 0 Å². The van der Waals surface area contributed by atoms with E-state index in [0.29, 0.717) is 11.7 Å². The number of hydrogen-bond donors (Lipinski definition) is 1. The van der Waals surface area contributed by atoms with Crippen LogP contribution in [-0.4, -0.2) is 42.4 Å². The van der Waals surface area contributed by atoms with Crippen LogP contribution < -0.4 is 10.2 Å². The molecule has 0 radical (unpaired) electrons. The molecular formula is C23H25N3O2S2. The molecule has 1 N–H and O–H groups in total. The molecule has 0 aliphatic carbocycles. The lowest BCUT2D eigenvalue weighted by atomic mass is 10.2. The topological polar surface area (TPSA) is 54.5 Å². The Labute approximate surface area is 184 Å². The van der Waals surface area contributed by atoms with E-state index in [-0.39, 0.29) is 5.91 Å². The molecule has 1 amide bonds. The largest absolute Gasteiger partial charge is 0.377 e. The van der Waals surface area contributed by atoms with Crippen molar-refractivity contribution in [1.29, 1.82) is 0 Å². The van der Waals surface area contributed by atoms with Crippen molar-refractivity contribution in [2.75, 3.05) is 35.7 Å². The zero-order chi connectivity index (χ0) is 20.3. The molecule has 2 aromatic carbocycles. The molecule has 156 valence electrons. The highest BCUT2D eigenvalue weighted by atomic mass is 32.2. The highest BCUT2D eigenvalue weighted by Gasteiger charge is 2.19. The summed E-state index contributed by atoms with van der Waals surface area (Å²) in [5.74, 6) is 0.810. The first-order valence-corrected chi connectivity index (χ1v) is 12.4. The fraction of sp³-hybridized carbons (Fsp3) is 0.391. The smallest absolute Gasteiger partial charge is 0.256 e. The molecule has 1 aromatic heterocycles. The Morgan fingerprint density at radius 1 is 1.20 bits per heavy atom. The molecule has 2 fully saturated rings. The van der Waals surface area contributed by atoms with E-state index in [4.69, 9.17) is 9.72 Å². The number of nitrogens with one attached hydrogen (secondary N) is 1. The number of anilines is 2.